The molecule has 0 radical (unpaired) electrons. The summed E-state index contributed by atoms with van der Waals surface area (Å²) in [6.45, 7) is 8.66. The summed E-state index contributed by atoms with van der Waals surface area (Å²) in [6.07, 6.45) is 11.7. The number of fused-ring (bicyclic) bond motifs is 3. The molecule has 4 aromatic rings. The Morgan fingerprint density at radius 1 is 1.15 bits per heavy atom. The van der Waals surface area contributed by atoms with Crippen LogP contribution in [0.4, 0.5) is 0 Å². The van der Waals surface area contributed by atoms with Gasteiger partial charge in [-0.25, -0.2) is 14.5 Å². The molecule has 0 aromatic carbocycles. The first-order valence-corrected chi connectivity index (χ1v) is 13.3. The van der Waals surface area contributed by atoms with Gasteiger partial charge >= 0.3 is 0 Å². The summed E-state index contributed by atoms with van der Waals surface area (Å²) in [4.78, 5) is 12.3. The van der Waals surface area contributed by atoms with Gasteiger partial charge in [-0.2, -0.15) is 0 Å². The summed E-state index contributed by atoms with van der Waals surface area (Å²) >= 11 is 1.78. The molecule has 33 heavy (non-hydrogen) atoms. The van der Waals surface area contributed by atoms with Crippen molar-refractivity contribution in [2.45, 2.75) is 84.5 Å². The fourth-order valence-corrected chi connectivity index (χ4v) is 9.71. The van der Waals surface area contributed by atoms with Crippen LogP contribution in [0.2, 0.25) is 0 Å². The Hall–Kier alpha value is -2.28. The number of rotatable bonds is 4. The fraction of sp³-hybridized carbons (Fsp3) is 0.615. The van der Waals surface area contributed by atoms with Gasteiger partial charge in [-0.3, -0.25) is 0 Å². The number of hydrogen-bond donors (Lipinski definition) is 0. The molecule has 4 aliphatic carbocycles. The van der Waals surface area contributed by atoms with E-state index in [1.165, 1.54) is 59.9 Å². The van der Waals surface area contributed by atoms with Crippen LogP contribution < -0.4 is 0 Å². The number of hydrogen-bond acceptors (Lipinski definition) is 6. The lowest BCUT2D eigenvalue weighted by Crippen LogP contribution is -2.55. The Balaban J connectivity index is 1.30. The molecule has 0 spiro atoms. The van der Waals surface area contributed by atoms with Crippen LogP contribution in [0, 0.1) is 38.0 Å². The molecule has 4 aliphatic rings. The van der Waals surface area contributed by atoms with E-state index in [9.17, 15) is 0 Å². The third-order valence-corrected chi connectivity index (χ3v) is 10.1. The lowest BCUT2D eigenvalue weighted by atomic mass is 9.42. The summed E-state index contributed by atoms with van der Waals surface area (Å²) < 4.78 is 7.58. The quantitative estimate of drug-likeness (QED) is 0.379. The average molecular weight is 462 g/mol. The van der Waals surface area contributed by atoms with Gasteiger partial charge in [0.25, 0.3) is 0 Å². The molecule has 4 fully saturated rings. The molecule has 0 amide bonds. The second kappa shape index (κ2) is 6.65. The van der Waals surface area contributed by atoms with Gasteiger partial charge in [0.1, 0.15) is 16.9 Å². The van der Waals surface area contributed by atoms with E-state index in [2.05, 4.69) is 32.9 Å². The molecule has 0 unspecified atom stereocenters. The van der Waals surface area contributed by atoms with E-state index in [-0.39, 0.29) is 10.8 Å². The molecule has 0 aliphatic heterocycles. The molecule has 2 atom stereocenters. The van der Waals surface area contributed by atoms with Crippen molar-refractivity contribution in [1.82, 2.24) is 24.7 Å². The largest absolute Gasteiger partial charge is 0.361 e. The Morgan fingerprint density at radius 2 is 1.94 bits per heavy atom. The van der Waals surface area contributed by atoms with Gasteiger partial charge in [0.15, 0.2) is 11.5 Å². The van der Waals surface area contributed by atoms with Crippen LogP contribution in [0.1, 0.15) is 78.7 Å². The molecule has 4 heterocycles. The van der Waals surface area contributed by atoms with Gasteiger partial charge in [0.2, 0.25) is 0 Å². The van der Waals surface area contributed by atoms with Gasteiger partial charge in [-0.15, -0.1) is 16.4 Å². The highest BCUT2D eigenvalue weighted by Gasteiger charge is 2.59. The average Bonchev–Trinajstić information content (AvgIpc) is 3.40. The predicted octanol–water partition coefficient (Wildman–Crippen LogP) is 5.90. The summed E-state index contributed by atoms with van der Waals surface area (Å²) in [5, 5.41) is 10.5. The Morgan fingerprint density at radius 3 is 2.64 bits per heavy atom. The number of aromatic nitrogens is 5. The van der Waals surface area contributed by atoms with Crippen molar-refractivity contribution >= 4 is 27.2 Å². The van der Waals surface area contributed by atoms with Crippen molar-refractivity contribution in [3.63, 3.8) is 0 Å². The van der Waals surface area contributed by atoms with E-state index < -0.39 is 0 Å². The van der Waals surface area contributed by atoms with Crippen molar-refractivity contribution in [3.05, 3.63) is 39.6 Å². The predicted molar refractivity (Wildman–Crippen MR) is 129 cm³/mol. The van der Waals surface area contributed by atoms with E-state index >= 15 is 0 Å². The lowest BCUT2D eigenvalue weighted by molar-refractivity contribution is -0.0731. The molecular weight excluding hydrogens is 430 g/mol. The molecule has 0 saturated heterocycles. The summed E-state index contributed by atoms with van der Waals surface area (Å²) in [6, 6.07) is 0. The Kier molecular flexibility index (Phi) is 4.05. The highest BCUT2D eigenvalue weighted by molar-refractivity contribution is 7.18. The molecule has 172 valence electrons. The third-order valence-electron chi connectivity index (χ3n) is 9.01. The van der Waals surface area contributed by atoms with Crippen molar-refractivity contribution in [1.29, 1.82) is 0 Å². The third kappa shape index (κ3) is 2.77. The van der Waals surface area contributed by atoms with E-state index in [1.54, 1.807) is 11.3 Å². The van der Waals surface area contributed by atoms with Crippen LogP contribution in [-0.2, 0) is 18.3 Å². The van der Waals surface area contributed by atoms with Gasteiger partial charge in [0.05, 0.1) is 11.1 Å². The second-order valence-electron chi connectivity index (χ2n) is 11.3. The number of nitrogens with zero attached hydrogens (tertiary/aromatic N) is 5. The summed E-state index contributed by atoms with van der Waals surface area (Å²) in [5.74, 6) is 3.63. The molecule has 4 aromatic heterocycles. The molecule has 6 nitrogen and oxygen atoms in total. The second-order valence-corrected chi connectivity index (χ2v) is 12.5. The SMILES string of the molecule is CCc1c(C)sc2ncn3nc(CC45C[C@@H]6C[C@@H](C4)CC(c4c(C)noc4C)(C6)C5)nc3c12. The van der Waals surface area contributed by atoms with Crippen LogP contribution in [0.15, 0.2) is 10.9 Å². The summed E-state index contributed by atoms with van der Waals surface area (Å²) in [5.41, 5.74) is 5.39. The van der Waals surface area contributed by atoms with Gasteiger partial charge < -0.3 is 4.52 Å². The van der Waals surface area contributed by atoms with Crippen LogP contribution in [0.5, 0.6) is 0 Å². The maximum atomic E-state index is 5.66. The van der Waals surface area contributed by atoms with Crippen LogP contribution >= 0.6 is 11.3 Å². The maximum absolute atomic E-state index is 5.66. The molecule has 8 rings (SSSR count). The first-order chi connectivity index (χ1) is 15.9. The first-order valence-electron chi connectivity index (χ1n) is 12.4. The van der Waals surface area contributed by atoms with Crippen molar-refractivity contribution in [3.8, 4) is 0 Å². The van der Waals surface area contributed by atoms with Crippen LogP contribution in [-0.4, -0.2) is 24.7 Å². The summed E-state index contributed by atoms with van der Waals surface area (Å²) in [7, 11) is 0. The molecule has 7 heteroatoms. The zero-order valence-corrected chi connectivity index (χ0v) is 20.8. The van der Waals surface area contributed by atoms with Crippen molar-refractivity contribution < 1.29 is 4.52 Å². The van der Waals surface area contributed by atoms with E-state index in [0.717, 1.165) is 52.4 Å². The highest BCUT2D eigenvalue weighted by atomic mass is 32.1. The molecule has 4 bridgehead atoms. The molecular formula is C26H31N5OS. The highest BCUT2D eigenvalue weighted by Crippen LogP contribution is 2.67. The van der Waals surface area contributed by atoms with E-state index in [1.807, 2.05) is 10.8 Å². The zero-order valence-electron chi connectivity index (χ0n) is 19.9. The number of aryl methyl sites for hydroxylation is 4. The Bertz CT molecular complexity index is 1380. The van der Waals surface area contributed by atoms with Gasteiger partial charge in [-0.05, 0) is 88.5 Å². The lowest BCUT2D eigenvalue weighted by Gasteiger charge is -2.62. The van der Waals surface area contributed by atoms with Crippen molar-refractivity contribution in [2.24, 2.45) is 17.3 Å². The molecule has 4 saturated carbocycles. The minimum atomic E-state index is 0.228. The van der Waals surface area contributed by atoms with Crippen LogP contribution in [0.25, 0.3) is 15.9 Å². The van der Waals surface area contributed by atoms with Gasteiger partial charge in [0, 0.05) is 22.3 Å². The van der Waals surface area contributed by atoms with E-state index in [4.69, 9.17) is 19.6 Å². The maximum Gasteiger partial charge on any atom is 0.167 e. The smallest absolute Gasteiger partial charge is 0.167 e. The van der Waals surface area contributed by atoms with Crippen molar-refractivity contribution in [2.75, 3.05) is 0 Å². The Labute approximate surface area is 197 Å². The standard InChI is InChI=1S/C26H31N5OS/c1-5-19-16(4)33-24-21(19)23-28-20(29-31(23)13-27-24)11-25-7-17-6-18(8-25)10-26(9-17,12-25)22-14(2)30-32-15(22)3/h13,17-18H,5-12H2,1-4H3/t17-,18-,25?,26?/m0/s1. The van der Waals surface area contributed by atoms with Crippen LogP contribution in [0.3, 0.4) is 0 Å². The molecule has 0 N–H and O–H groups in total. The first kappa shape index (κ1) is 20.1. The van der Waals surface area contributed by atoms with E-state index in [0.29, 0.717) is 0 Å². The fourth-order valence-electron chi connectivity index (χ4n) is 8.64. The minimum absolute atomic E-state index is 0.228. The number of thiophene rings is 1. The normalized spacial score (nSPS) is 30.8. The minimum Gasteiger partial charge on any atom is -0.361 e. The topological polar surface area (TPSA) is 69.1 Å². The zero-order chi connectivity index (χ0) is 22.5. The monoisotopic (exact) mass is 461 g/mol. The van der Waals surface area contributed by atoms with Gasteiger partial charge in [-0.1, -0.05) is 12.1 Å².